The highest BCUT2D eigenvalue weighted by Crippen LogP contribution is 2.30. The van der Waals surface area contributed by atoms with Gasteiger partial charge in [0.25, 0.3) is 0 Å². The van der Waals surface area contributed by atoms with Gasteiger partial charge >= 0.3 is 0 Å². The number of benzene rings is 5. The van der Waals surface area contributed by atoms with Crippen LogP contribution in [0.4, 0.5) is 5.69 Å². The van der Waals surface area contributed by atoms with Gasteiger partial charge in [-0.25, -0.2) is 19.9 Å². The van der Waals surface area contributed by atoms with Crippen LogP contribution in [0.25, 0.3) is 66.2 Å². The highest BCUT2D eigenvalue weighted by molar-refractivity contribution is 6.07. The van der Waals surface area contributed by atoms with Crippen molar-refractivity contribution in [3.05, 3.63) is 127 Å². The van der Waals surface area contributed by atoms with Gasteiger partial charge in [-0.3, -0.25) is 0 Å². The van der Waals surface area contributed by atoms with Crippen LogP contribution in [0.15, 0.2) is 121 Å². The van der Waals surface area contributed by atoms with E-state index in [9.17, 15) is 0 Å². The van der Waals surface area contributed by atoms with Crippen molar-refractivity contribution in [3.63, 3.8) is 0 Å². The van der Waals surface area contributed by atoms with Gasteiger partial charge in [-0.2, -0.15) is 0 Å². The van der Waals surface area contributed by atoms with E-state index in [2.05, 4.69) is 93.8 Å². The first-order valence-corrected chi connectivity index (χ1v) is 15.8. The average Bonchev–Trinajstić information content (AvgIpc) is 3.58. The molecule has 0 bridgehead atoms. The first-order valence-electron chi connectivity index (χ1n) is 15.8. The number of aryl methyl sites for hydroxylation is 1. The van der Waals surface area contributed by atoms with Crippen LogP contribution in [-0.2, 0) is 13.1 Å². The Hall–Kier alpha value is -5.82. The molecule has 0 N–H and O–H groups in total. The van der Waals surface area contributed by atoms with E-state index in [1.165, 1.54) is 11.3 Å². The van der Waals surface area contributed by atoms with E-state index in [0.29, 0.717) is 0 Å². The summed E-state index contributed by atoms with van der Waals surface area (Å²) in [5, 5.41) is 2.27. The highest BCUT2D eigenvalue weighted by Gasteiger charge is 2.18. The Kier molecular flexibility index (Phi) is 6.16. The summed E-state index contributed by atoms with van der Waals surface area (Å²) in [6, 6.07) is 42.1. The fraction of sp³-hybridized carbons (Fsp3) is 0.128. The third-order valence-electron chi connectivity index (χ3n) is 9.10. The Morgan fingerprint density at radius 3 is 1.37 bits per heavy atom. The van der Waals surface area contributed by atoms with E-state index < -0.39 is 0 Å². The summed E-state index contributed by atoms with van der Waals surface area (Å²) in [7, 11) is 0. The van der Waals surface area contributed by atoms with Gasteiger partial charge < -0.3 is 14.0 Å². The van der Waals surface area contributed by atoms with Gasteiger partial charge in [-0.05, 0) is 55.5 Å². The van der Waals surface area contributed by atoms with Crippen molar-refractivity contribution in [1.29, 1.82) is 0 Å². The lowest BCUT2D eigenvalue weighted by molar-refractivity contribution is 0.638. The molecule has 0 atom stereocenters. The Morgan fingerprint density at radius 2 is 0.891 bits per heavy atom. The van der Waals surface area contributed by atoms with E-state index in [0.717, 1.165) is 92.4 Å². The number of hydrogen-bond donors (Lipinski definition) is 0. The lowest BCUT2D eigenvalue weighted by atomic mass is 10.2. The Bertz CT molecular complexity index is 2400. The molecule has 9 aromatic rings. The molecule has 0 amide bonds. The van der Waals surface area contributed by atoms with Crippen molar-refractivity contribution in [1.82, 2.24) is 29.1 Å². The Balaban J connectivity index is 1.11. The van der Waals surface area contributed by atoms with Crippen LogP contribution >= 0.6 is 0 Å². The van der Waals surface area contributed by atoms with Crippen molar-refractivity contribution < 1.29 is 0 Å². The van der Waals surface area contributed by atoms with Gasteiger partial charge in [0.1, 0.15) is 11.0 Å². The van der Waals surface area contributed by atoms with Gasteiger partial charge in [0, 0.05) is 42.6 Å². The predicted molar refractivity (Wildman–Crippen MR) is 188 cm³/mol. The summed E-state index contributed by atoms with van der Waals surface area (Å²) in [6.45, 7) is 5.27. The summed E-state index contributed by atoms with van der Waals surface area (Å²) < 4.78 is 4.67. The van der Waals surface area contributed by atoms with Crippen LogP contribution in [0.1, 0.15) is 5.56 Å². The van der Waals surface area contributed by atoms with Gasteiger partial charge in [0.05, 0.1) is 33.1 Å². The number of fused-ring (bicyclic) bond motifs is 8. The molecule has 9 rings (SSSR count). The lowest BCUT2D eigenvalue weighted by Crippen LogP contribution is -2.31. The number of anilines is 1. The van der Waals surface area contributed by atoms with Gasteiger partial charge in [-0.15, -0.1) is 0 Å². The van der Waals surface area contributed by atoms with E-state index in [4.69, 9.17) is 19.9 Å². The molecule has 7 heteroatoms. The largest absolute Gasteiger partial charge is 0.368 e. The number of rotatable bonds is 7. The second-order valence-corrected chi connectivity index (χ2v) is 11.9. The van der Waals surface area contributed by atoms with Crippen molar-refractivity contribution in [2.45, 2.75) is 20.0 Å². The molecule has 0 unspecified atom stereocenters. The minimum Gasteiger partial charge on any atom is -0.368 e. The second kappa shape index (κ2) is 10.7. The smallest absolute Gasteiger partial charge is 0.160 e. The molecule has 0 aliphatic heterocycles. The summed E-state index contributed by atoms with van der Waals surface area (Å²) in [4.78, 5) is 22.8. The average molecular weight is 598 g/mol. The normalized spacial score (nSPS) is 11.9. The molecule has 7 nitrogen and oxygen atoms in total. The zero-order valence-electron chi connectivity index (χ0n) is 25.5. The van der Waals surface area contributed by atoms with Crippen molar-refractivity contribution in [3.8, 4) is 0 Å². The third kappa shape index (κ3) is 4.35. The van der Waals surface area contributed by atoms with Crippen LogP contribution in [0.3, 0.4) is 0 Å². The first kappa shape index (κ1) is 26.6. The summed E-state index contributed by atoms with van der Waals surface area (Å²) in [6.07, 6.45) is 0. The topological polar surface area (TPSA) is 64.7 Å². The van der Waals surface area contributed by atoms with Crippen molar-refractivity contribution in [2.75, 3.05) is 18.0 Å². The van der Waals surface area contributed by atoms with E-state index in [-0.39, 0.29) is 0 Å². The number of hydrogen-bond acceptors (Lipinski definition) is 5. The summed E-state index contributed by atoms with van der Waals surface area (Å²) in [5.74, 6) is 0. The van der Waals surface area contributed by atoms with Crippen LogP contribution < -0.4 is 4.90 Å². The monoisotopic (exact) mass is 597 g/mol. The molecule has 0 saturated heterocycles. The molecular formula is C39H31N7. The lowest BCUT2D eigenvalue weighted by Gasteiger charge is -2.26. The number of nitrogens with zero attached hydrogens (tertiary/aromatic N) is 7. The standard InChI is InChI=1S/C39H31N7/c1-26-18-20-27(21-19-26)44(22-24-45-34-16-8-2-10-28(34)36-38(45)42-32-14-6-4-12-30(32)40-36)23-25-46-35-17-9-3-11-29(35)37-39(46)43-33-15-7-5-13-31(33)41-37/h2-21H,22-25H2,1H3. The molecule has 46 heavy (non-hydrogen) atoms. The zero-order chi connectivity index (χ0) is 30.6. The Morgan fingerprint density at radius 1 is 0.478 bits per heavy atom. The van der Waals surface area contributed by atoms with E-state index in [1.54, 1.807) is 0 Å². The molecule has 0 radical (unpaired) electrons. The molecule has 0 saturated carbocycles. The van der Waals surface area contributed by atoms with Crippen LogP contribution in [-0.4, -0.2) is 42.2 Å². The quantitative estimate of drug-likeness (QED) is 0.185. The van der Waals surface area contributed by atoms with E-state index in [1.807, 2.05) is 48.5 Å². The van der Waals surface area contributed by atoms with Gasteiger partial charge in [0.2, 0.25) is 0 Å². The summed E-state index contributed by atoms with van der Waals surface area (Å²) >= 11 is 0. The molecular weight excluding hydrogens is 566 g/mol. The molecule has 0 aliphatic carbocycles. The fourth-order valence-corrected chi connectivity index (χ4v) is 6.79. The maximum absolute atomic E-state index is 5.12. The molecule has 5 aromatic carbocycles. The molecule has 222 valence electrons. The highest BCUT2D eigenvalue weighted by atomic mass is 15.2. The van der Waals surface area contributed by atoms with Crippen molar-refractivity contribution >= 4 is 71.9 Å². The predicted octanol–water partition coefficient (Wildman–Crippen LogP) is 8.30. The van der Waals surface area contributed by atoms with Crippen molar-refractivity contribution in [2.24, 2.45) is 0 Å². The first-order chi connectivity index (χ1) is 22.7. The Labute approximate surface area is 265 Å². The molecule has 0 spiro atoms. The maximum atomic E-state index is 5.12. The summed E-state index contributed by atoms with van der Waals surface area (Å²) in [5.41, 5.74) is 12.2. The molecule has 0 aliphatic rings. The minimum atomic E-state index is 0.766. The van der Waals surface area contributed by atoms with Crippen LogP contribution in [0, 0.1) is 6.92 Å². The van der Waals surface area contributed by atoms with Gasteiger partial charge in [0.15, 0.2) is 11.3 Å². The fourth-order valence-electron chi connectivity index (χ4n) is 6.79. The van der Waals surface area contributed by atoms with Gasteiger partial charge in [-0.1, -0.05) is 78.4 Å². The molecule has 0 fully saturated rings. The second-order valence-electron chi connectivity index (χ2n) is 11.9. The zero-order valence-corrected chi connectivity index (χ0v) is 25.5. The third-order valence-corrected chi connectivity index (χ3v) is 9.10. The number of aromatic nitrogens is 6. The maximum Gasteiger partial charge on any atom is 0.160 e. The van der Waals surface area contributed by atoms with Crippen LogP contribution in [0.5, 0.6) is 0 Å². The van der Waals surface area contributed by atoms with Crippen LogP contribution in [0.2, 0.25) is 0 Å². The van der Waals surface area contributed by atoms with E-state index >= 15 is 0 Å². The SMILES string of the molecule is Cc1ccc(N(CCn2c3ccccc3c3nc4ccccc4nc32)CCn2c3ccccc3c3nc4ccccc4nc32)cc1. The minimum absolute atomic E-state index is 0.766. The molecule has 4 aromatic heterocycles. The number of para-hydroxylation sites is 6. The molecule has 4 heterocycles.